The number of hydrogen-bond acceptors (Lipinski definition) is 7. The predicted molar refractivity (Wildman–Crippen MR) is 76.7 cm³/mol. The van der Waals surface area contributed by atoms with E-state index in [1.807, 2.05) is 0 Å². The Balaban J connectivity index is 3.05. The highest BCUT2D eigenvalue weighted by molar-refractivity contribution is 5.44. The Morgan fingerprint density at radius 2 is 2.29 bits per heavy atom. The van der Waals surface area contributed by atoms with Crippen LogP contribution in [0.1, 0.15) is 13.8 Å². The van der Waals surface area contributed by atoms with Crippen LogP contribution in [0.4, 0.5) is 0 Å². The van der Waals surface area contributed by atoms with Crippen LogP contribution in [0.15, 0.2) is 30.3 Å². The molecule has 7 heteroatoms. The van der Waals surface area contributed by atoms with E-state index in [-0.39, 0.29) is 6.04 Å². The second-order valence-electron chi connectivity index (χ2n) is 5.01. The molecule has 0 aromatic rings. The SMILES string of the molecule is C=C(C)NC1C=C(C)OC(C(O)C(O)CO)C1NC=C=O. The number of hydrogen-bond donors (Lipinski definition) is 5. The lowest BCUT2D eigenvalue weighted by Gasteiger charge is -2.40. The minimum absolute atomic E-state index is 0.314. The van der Waals surface area contributed by atoms with Gasteiger partial charge in [-0.1, -0.05) is 6.58 Å². The van der Waals surface area contributed by atoms with Crippen molar-refractivity contribution in [2.45, 2.75) is 44.2 Å². The molecule has 0 saturated carbocycles. The van der Waals surface area contributed by atoms with Crippen LogP contribution in [0.25, 0.3) is 0 Å². The Kier molecular flexibility index (Phi) is 6.45. The molecule has 5 atom stereocenters. The summed E-state index contributed by atoms with van der Waals surface area (Å²) in [7, 11) is 0. The van der Waals surface area contributed by atoms with Crippen molar-refractivity contribution < 1.29 is 24.9 Å². The van der Waals surface area contributed by atoms with E-state index in [4.69, 9.17) is 9.84 Å². The maximum Gasteiger partial charge on any atom is 0.149 e. The molecular weight excluding hydrogens is 276 g/mol. The Morgan fingerprint density at radius 1 is 1.62 bits per heavy atom. The molecule has 0 amide bonds. The lowest BCUT2D eigenvalue weighted by Crippen LogP contribution is -2.60. The van der Waals surface area contributed by atoms with Gasteiger partial charge in [0.25, 0.3) is 0 Å². The molecule has 7 nitrogen and oxygen atoms in total. The number of carbonyl (C=O) groups excluding carboxylic acids is 1. The minimum Gasteiger partial charge on any atom is -0.490 e. The average molecular weight is 298 g/mol. The van der Waals surface area contributed by atoms with E-state index in [0.29, 0.717) is 11.5 Å². The van der Waals surface area contributed by atoms with Gasteiger partial charge in [0, 0.05) is 5.70 Å². The van der Waals surface area contributed by atoms with Crippen molar-refractivity contribution in [1.29, 1.82) is 0 Å². The highest BCUT2D eigenvalue weighted by atomic mass is 16.5. The molecule has 1 aliphatic rings. The number of nitrogens with one attached hydrogen (secondary N) is 2. The van der Waals surface area contributed by atoms with Crippen molar-refractivity contribution in [3.8, 4) is 0 Å². The summed E-state index contributed by atoms with van der Waals surface area (Å²) in [5, 5.41) is 34.6. The molecule has 118 valence electrons. The Bertz CT molecular complexity index is 445. The molecule has 0 fully saturated rings. The van der Waals surface area contributed by atoms with Gasteiger partial charge in [0.15, 0.2) is 0 Å². The molecule has 0 aromatic carbocycles. The van der Waals surface area contributed by atoms with Crippen molar-refractivity contribution in [1.82, 2.24) is 10.6 Å². The Labute approximate surface area is 123 Å². The average Bonchev–Trinajstić information content (AvgIpc) is 2.43. The maximum absolute atomic E-state index is 10.4. The van der Waals surface area contributed by atoms with Gasteiger partial charge in [-0.05, 0) is 19.9 Å². The van der Waals surface area contributed by atoms with Gasteiger partial charge < -0.3 is 30.7 Å². The lowest BCUT2D eigenvalue weighted by atomic mass is 9.92. The van der Waals surface area contributed by atoms with Gasteiger partial charge in [-0.15, -0.1) is 0 Å². The van der Waals surface area contributed by atoms with Crippen molar-refractivity contribution in [3.05, 3.63) is 30.3 Å². The molecule has 0 saturated heterocycles. The molecule has 21 heavy (non-hydrogen) atoms. The van der Waals surface area contributed by atoms with E-state index in [1.165, 1.54) is 0 Å². The number of aliphatic hydroxyl groups excluding tert-OH is 3. The molecule has 0 aromatic heterocycles. The third-order valence-electron chi connectivity index (χ3n) is 3.14. The maximum atomic E-state index is 10.4. The summed E-state index contributed by atoms with van der Waals surface area (Å²) < 4.78 is 5.55. The van der Waals surface area contributed by atoms with Gasteiger partial charge in [-0.2, -0.15) is 0 Å². The molecule has 0 spiro atoms. The number of aliphatic hydroxyl groups is 3. The summed E-state index contributed by atoms with van der Waals surface area (Å²) in [5.41, 5.74) is 0.698. The second kappa shape index (κ2) is 7.85. The molecule has 0 radical (unpaired) electrons. The quantitative estimate of drug-likeness (QED) is 0.375. The van der Waals surface area contributed by atoms with Gasteiger partial charge in [0.2, 0.25) is 0 Å². The zero-order chi connectivity index (χ0) is 16.0. The summed E-state index contributed by atoms with van der Waals surface area (Å²) in [5.74, 6) is 2.15. The Morgan fingerprint density at radius 3 is 2.81 bits per heavy atom. The van der Waals surface area contributed by atoms with Crippen molar-refractivity contribution in [2.75, 3.05) is 6.61 Å². The minimum atomic E-state index is -1.35. The largest absolute Gasteiger partial charge is 0.490 e. The van der Waals surface area contributed by atoms with Crippen LogP contribution < -0.4 is 10.6 Å². The monoisotopic (exact) mass is 298 g/mol. The van der Waals surface area contributed by atoms with Crippen LogP contribution in [-0.2, 0) is 9.53 Å². The van der Waals surface area contributed by atoms with E-state index in [0.717, 1.165) is 6.20 Å². The fraction of sp³-hybridized carbons (Fsp3) is 0.571. The standard InChI is InChI=1S/C14H22N2O5/c1-8(2)16-10-6-9(3)21-14(12(10)15-4-5-17)13(20)11(19)7-18/h4,6,10-16,18-20H,1,7H2,2-3H3. The van der Waals surface area contributed by atoms with Crippen molar-refractivity contribution in [3.63, 3.8) is 0 Å². The first-order valence-electron chi connectivity index (χ1n) is 6.60. The summed E-state index contributed by atoms with van der Waals surface area (Å²) >= 11 is 0. The lowest BCUT2D eigenvalue weighted by molar-refractivity contribution is -0.102. The molecular formula is C14H22N2O5. The van der Waals surface area contributed by atoms with Crippen LogP contribution in [0.3, 0.4) is 0 Å². The van der Waals surface area contributed by atoms with Crippen LogP contribution in [-0.4, -0.2) is 58.3 Å². The molecule has 5 N–H and O–H groups in total. The fourth-order valence-electron chi connectivity index (χ4n) is 2.24. The van der Waals surface area contributed by atoms with Gasteiger partial charge in [0.05, 0.1) is 30.6 Å². The van der Waals surface area contributed by atoms with Gasteiger partial charge in [-0.25, -0.2) is 4.79 Å². The van der Waals surface area contributed by atoms with E-state index >= 15 is 0 Å². The zero-order valence-electron chi connectivity index (χ0n) is 12.1. The number of allylic oxidation sites excluding steroid dienone is 2. The predicted octanol–water partition coefficient (Wildman–Crippen LogP) is -1.20. The highest BCUT2D eigenvalue weighted by Crippen LogP contribution is 2.22. The summed E-state index contributed by atoms with van der Waals surface area (Å²) in [6.45, 7) is 6.65. The first kappa shape index (κ1) is 17.3. The Hall–Kier alpha value is -1.79. The molecule has 0 aliphatic carbocycles. The van der Waals surface area contributed by atoms with Crippen molar-refractivity contribution in [2.24, 2.45) is 0 Å². The zero-order valence-corrected chi connectivity index (χ0v) is 12.1. The van der Waals surface area contributed by atoms with Gasteiger partial charge in [0.1, 0.15) is 24.3 Å². The molecule has 1 rings (SSSR count). The smallest absolute Gasteiger partial charge is 0.149 e. The molecule has 1 aliphatic heterocycles. The number of rotatable bonds is 7. The fourth-order valence-corrected chi connectivity index (χ4v) is 2.24. The summed E-state index contributed by atoms with van der Waals surface area (Å²) in [4.78, 5) is 10.4. The highest BCUT2D eigenvalue weighted by Gasteiger charge is 2.40. The second-order valence-corrected chi connectivity index (χ2v) is 5.01. The van der Waals surface area contributed by atoms with E-state index < -0.39 is 31.0 Å². The topological polar surface area (TPSA) is 111 Å². The van der Waals surface area contributed by atoms with Gasteiger partial charge >= 0.3 is 0 Å². The van der Waals surface area contributed by atoms with E-state index in [1.54, 1.807) is 25.9 Å². The van der Waals surface area contributed by atoms with Crippen molar-refractivity contribution >= 4 is 5.94 Å². The molecule has 1 heterocycles. The molecule has 5 unspecified atom stereocenters. The van der Waals surface area contributed by atoms with Crippen LogP contribution in [0.2, 0.25) is 0 Å². The summed E-state index contributed by atoms with van der Waals surface area (Å²) in [6.07, 6.45) is -0.694. The van der Waals surface area contributed by atoms with Crippen LogP contribution in [0.5, 0.6) is 0 Å². The van der Waals surface area contributed by atoms with E-state index in [2.05, 4.69) is 17.2 Å². The van der Waals surface area contributed by atoms with Crippen LogP contribution in [0, 0.1) is 0 Å². The number of ether oxygens (including phenoxy) is 1. The van der Waals surface area contributed by atoms with E-state index in [9.17, 15) is 15.0 Å². The van der Waals surface area contributed by atoms with Gasteiger partial charge in [-0.3, -0.25) is 0 Å². The third-order valence-corrected chi connectivity index (χ3v) is 3.14. The first-order chi connectivity index (χ1) is 9.90. The first-order valence-corrected chi connectivity index (χ1v) is 6.60. The normalized spacial score (nSPS) is 27.5. The third kappa shape index (κ3) is 4.61. The van der Waals surface area contributed by atoms with Crippen LogP contribution >= 0.6 is 0 Å². The summed E-state index contributed by atoms with van der Waals surface area (Å²) in [6, 6.07) is -0.866. The molecule has 0 bridgehead atoms.